The van der Waals surface area contributed by atoms with Gasteiger partial charge in [-0.15, -0.1) is 0 Å². The number of hydrogen-bond donors (Lipinski definition) is 0. The molecule has 3 nitrogen and oxygen atoms in total. The molecular formula is C6H14ClNO2S. The van der Waals surface area contributed by atoms with Crippen molar-refractivity contribution in [2.45, 2.75) is 32.7 Å². The van der Waals surface area contributed by atoms with Gasteiger partial charge < -0.3 is 0 Å². The summed E-state index contributed by atoms with van der Waals surface area (Å²) in [5.41, 5.74) is -0.402. The summed E-state index contributed by atoms with van der Waals surface area (Å²) in [5.74, 6) is 0. The van der Waals surface area contributed by atoms with Crippen LogP contribution in [0.5, 0.6) is 0 Å². The van der Waals surface area contributed by atoms with Gasteiger partial charge in [0.2, 0.25) is 0 Å². The van der Waals surface area contributed by atoms with E-state index in [4.69, 9.17) is 10.7 Å². The Balaban J connectivity index is 4.63. The van der Waals surface area contributed by atoms with Crippen LogP contribution in [0.15, 0.2) is 0 Å². The van der Waals surface area contributed by atoms with Crippen molar-refractivity contribution >= 4 is 19.9 Å². The van der Waals surface area contributed by atoms with E-state index >= 15 is 0 Å². The highest BCUT2D eigenvalue weighted by atomic mass is 35.7. The van der Waals surface area contributed by atoms with Gasteiger partial charge in [0, 0.05) is 23.3 Å². The van der Waals surface area contributed by atoms with Gasteiger partial charge in [0.05, 0.1) is 0 Å². The molecule has 0 saturated heterocycles. The predicted molar refractivity (Wildman–Crippen MR) is 46.9 cm³/mol. The van der Waals surface area contributed by atoms with Crippen molar-refractivity contribution in [3.63, 3.8) is 0 Å². The van der Waals surface area contributed by atoms with Crippen molar-refractivity contribution in [2.75, 3.05) is 7.05 Å². The second kappa shape index (κ2) is 3.29. The summed E-state index contributed by atoms with van der Waals surface area (Å²) in [6.45, 7) is 5.57. The summed E-state index contributed by atoms with van der Waals surface area (Å²) < 4.78 is 22.8. The molecule has 0 fully saturated rings. The third-order valence-corrected chi connectivity index (χ3v) is 3.81. The lowest BCUT2D eigenvalue weighted by molar-refractivity contribution is 0.262. The van der Waals surface area contributed by atoms with Crippen molar-refractivity contribution in [3.8, 4) is 0 Å². The Morgan fingerprint density at radius 3 is 1.91 bits per heavy atom. The smallest absolute Gasteiger partial charge is 0.195 e. The fourth-order valence-electron chi connectivity index (χ4n) is 0.518. The summed E-state index contributed by atoms with van der Waals surface area (Å²) in [7, 11) is 3.06. The molecule has 0 rings (SSSR count). The second-order valence-electron chi connectivity index (χ2n) is 3.08. The monoisotopic (exact) mass is 199 g/mol. The van der Waals surface area contributed by atoms with Crippen molar-refractivity contribution in [3.05, 3.63) is 0 Å². The van der Waals surface area contributed by atoms with E-state index in [0.717, 1.165) is 6.42 Å². The van der Waals surface area contributed by atoms with E-state index < -0.39 is 14.8 Å². The molecule has 0 aliphatic carbocycles. The minimum atomic E-state index is -3.57. The fourth-order valence-corrected chi connectivity index (χ4v) is 1.80. The van der Waals surface area contributed by atoms with Gasteiger partial charge in [-0.3, -0.25) is 0 Å². The number of hydrogen-bond acceptors (Lipinski definition) is 2. The first-order chi connectivity index (χ1) is 4.72. The Morgan fingerprint density at radius 2 is 1.82 bits per heavy atom. The Labute approximate surface area is 72.9 Å². The number of rotatable bonds is 3. The van der Waals surface area contributed by atoms with Gasteiger partial charge in [-0.25, -0.2) is 0 Å². The zero-order chi connectivity index (χ0) is 9.28. The molecule has 0 radical (unpaired) electrons. The van der Waals surface area contributed by atoms with Crippen LogP contribution in [0.25, 0.3) is 0 Å². The first-order valence-corrected chi connectivity index (χ1v) is 5.67. The van der Waals surface area contributed by atoms with Crippen molar-refractivity contribution < 1.29 is 8.42 Å². The zero-order valence-electron chi connectivity index (χ0n) is 7.26. The standard InChI is InChI=1S/C6H14ClNO2S/c1-5-6(2,3)8(4)11(7,9)10/h5H2,1-4H3. The number of halogens is 1. The lowest BCUT2D eigenvalue weighted by Crippen LogP contribution is -2.42. The fraction of sp³-hybridized carbons (Fsp3) is 1.00. The minimum Gasteiger partial charge on any atom is -0.195 e. The second-order valence-corrected chi connectivity index (χ2v) is 5.62. The van der Waals surface area contributed by atoms with Gasteiger partial charge in [0.1, 0.15) is 0 Å². The highest BCUT2D eigenvalue weighted by molar-refractivity contribution is 8.11. The molecule has 0 N–H and O–H groups in total. The molecule has 0 aliphatic rings. The van der Waals surface area contributed by atoms with E-state index in [0.29, 0.717) is 0 Å². The summed E-state index contributed by atoms with van der Waals surface area (Å²) in [5, 5.41) is 0. The lowest BCUT2D eigenvalue weighted by Gasteiger charge is -2.31. The van der Waals surface area contributed by atoms with E-state index in [1.54, 1.807) is 0 Å². The normalized spacial score (nSPS) is 14.0. The molecule has 0 unspecified atom stereocenters. The quantitative estimate of drug-likeness (QED) is 0.648. The topological polar surface area (TPSA) is 37.4 Å². The first kappa shape index (κ1) is 11.2. The molecule has 0 amide bonds. The van der Waals surface area contributed by atoms with Crippen LogP contribution in [-0.4, -0.2) is 25.3 Å². The van der Waals surface area contributed by atoms with E-state index in [1.807, 2.05) is 20.8 Å². The average molecular weight is 200 g/mol. The third-order valence-electron chi connectivity index (χ3n) is 2.04. The van der Waals surface area contributed by atoms with E-state index in [-0.39, 0.29) is 0 Å². The summed E-state index contributed by atoms with van der Waals surface area (Å²) in [4.78, 5) is 0. The molecule has 0 atom stereocenters. The van der Waals surface area contributed by atoms with Crippen molar-refractivity contribution in [1.82, 2.24) is 4.31 Å². The van der Waals surface area contributed by atoms with Crippen molar-refractivity contribution in [2.24, 2.45) is 0 Å². The summed E-state index contributed by atoms with van der Waals surface area (Å²) >= 11 is 0. The maximum Gasteiger partial charge on any atom is 0.300 e. The van der Waals surface area contributed by atoms with Gasteiger partial charge in [0.15, 0.2) is 0 Å². The predicted octanol–water partition coefficient (Wildman–Crippen LogP) is 1.59. The molecule has 0 saturated carbocycles. The van der Waals surface area contributed by atoms with Gasteiger partial charge in [0.25, 0.3) is 9.24 Å². The van der Waals surface area contributed by atoms with Gasteiger partial charge in [-0.05, 0) is 20.3 Å². The van der Waals surface area contributed by atoms with Gasteiger partial charge in [-0.2, -0.15) is 12.7 Å². The average Bonchev–Trinajstić information content (AvgIpc) is 1.84. The summed E-state index contributed by atoms with van der Waals surface area (Å²) in [6, 6.07) is 0. The Morgan fingerprint density at radius 1 is 1.45 bits per heavy atom. The van der Waals surface area contributed by atoms with E-state index in [2.05, 4.69) is 0 Å². The largest absolute Gasteiger partial charge is 0.300 e. The third kappa shape index (κ3) is 2.97. The van der Waals surface area contributed by atoms with Gasteiger partial charge in [-0.1, -0.05) is 6.92 Å². The maximum atomic E-state index is 10.8. The molecule has 5 heteroatoms. The summed E-state index contributed by atoms with van der Waals surface area (Å²) in [6.07, 6.45) is 0.732. The van der Waals surface area contributed by atoms with Crippen LogP contribution in [0.4, 0.5) is 0 Å². The molecule has 11 heavy (non-hydrogen) atoms. The van der Waals surface area contributed by atoms with Crippen LogP contribution in [-0.2, 0) is 9.24 Å². The van der Waals surface area contributed by atoms with E-state index in [9.17, 15) is 8.42 Å². The first-order valence-electron chi connectivity index (χ1n) is 3.40. The Kier molecular flexibility index (Phi) is 3.35. The molecule has 0 spiro atoms. The highest BCUT2D eigenvalue weighted by Crippen LogP contribution is 2.21. The molecule has 0 aliphatic heterocycles. The molecule has 0 bridgehead atoms. The Hall–Kier alpha value is 0.200. The molecule has 0 aromatic carbocycles. The molecule has 0 heterocycles. The van der Waals surface area contributed by atoms with Crippen LogP contribution < -0.4 is 0 Å². The molecular weight excluding hydrogens is 186 g/mol. The zero-order valence-corrected chi connectivity index (χ0v) is 8.83. The molecule has 0 aromatic heterocycles. The Bertz CT molecular complexity index is 223. The molecule has 68 valence electrons. The SMILES string of the molecule is CCC(C)(C)N(C)S(=O)(=O)Cl. The van der Waals surface area contributed by atoms with Crippen LogP contribution in [0.3, 0.4) is 0 Å². The maximum absolute atomic E-state index is 10.8. The van der Waals surface area contributed by atoms with Crippen LogP contribution >= 0.6 is 10.7 Å². The van der Waals surface area contributed by atoms with Gasteiger partial charge >= 0.3 is 0 Å². The van der Waals surface area contributed by atoms with Crippen LogP contribution in [0.1, 0.15) is 27.2 Å². The van der Waals surface area contributed by atoms with Crippen LogP contribution in [0.2, 0.25) is 0 Å². The lowest BCUT2D eigenvalue weighted by atomic mass is 10.0. The van der Waals surface area contributed by atoms with Crippen molar-refractivity contribution in [1.29, 1.82) is 0 Å². The number of nitrogens with zero attached hydrogens (tertiary/aromatic N) is 1. The minimum absolute atomic E-state index is 0.402. The highest BCUT2D eigenvalue weighted by Gasteiger charge is 2.29. The van der Waals surface area contributed by atoms with Crippen LogP contribution in [0, 0.1) is 0 Å². The van der Waals surface area contributed by atoms with E-state index in [1.165, 1.54) is 11.4 Å². The molecule has 0 aromatic rings.